The van der Waals surface area contributed by atoms with Crippen molar-refractivity contribution in [2.24, 2.45) is 5.73 Å². The monoisotopic (exact) mass is 255 g/mol. The second-order valence-electron chi connectivity index (χ2n) is 3.97. The Bertz CT molecular complexity index is 353. The lowest BCUT2D eigenvalue weighted by Crippen LogP contribution is -2.43. The second kappa shape index (κ2) is 3.65. The minimum Gasteiger partial charge on any atom is -0.394 e. The Labute approximate surface area is 92.3 Å². The fraction of sp³-hybridized carbons (Fsp3) is 0.455. The average molecular weight is 256 g/mol. The quantitative estimate of drug-likeness (QED) is 0.806. The number of rotatable bonds is 1. The van der Waals surface area contributed by atoms with Gasteiger partial charge in [0.2, 0.25) is 0 Å². The summed E-state index contributed by atoms with van der Waals surface area (Å²) in [4.78, 5) is 0. The molecule has 0 aliphatic heterocycles. The predicted octanol–water partition coefficient (Wildman–Crippen LogP) is 1.93. The molecule has 14 heavy (non-hydrogen) atoms. The van der Waals surface area contributed by atoms with Crippen LogP contribution in [0.25, 0.3) is 0 Å². The number of hydrogen-bond donors (Lipinski definition) is 2. The van der Waals surface area contributed by atoms with E-state index < -0.39 is 5.54 Å². The summed E-state index contributed by atoms with van der Waals surface area (Å²) >= 11 is 3.43. The number of nitrogens with two attached hydrogens (primary N) is 1. The van der Waals surface area contributed by atoms with E-state index in [1.807, 2.05) is 12.1 Å². The lowest BCUT2D eigenvalue weighted by Gasteiger charge is -2.34. The molecule has 1 aliphatic carbocycles. The summed E-state index contributed by atoms with van der Waals surface area (Å²) in [6.45, 7) is 0.0243. The first kappa shape index (κ1) is 10.1. The normalized spacial score (nSPS) is 25.9. The topological polar surface area (TPSA) is 46.2 Å². The Morgan fingerprint density at radius 2 is 2.29 bits per heavy atom. The van der Waals surface area contributed by atoms with Crippen molar-refractivity contribution in [1.29, 1.82) is 0 Å². The molecule has 0 spiro atoms. The van der Waals surface area contributed by atoms with Crippen LogP contribution in [0, 0.1) is 0 Å². The lowest BCUT2D eigenvalue weighted by molar-refractivity contribution is 0.179. The van der Waals surface area contributed by atoms with E-state index in [9.17, 15) is 5.11 Å². The first-order valence-corrected chi connectivity index (χ1v) is 5.64. The molecule has 0 saturated heterocycles. The summed E-state index contributed by atoms with van der Waals surface area (Å²) in [5.41, 5.74) is 8.01. The number of aliphatic hydroxyl groups is 1. The molecule has 1 aromatic carbocycles. The van der Waals surface area contributed by atoms with Crippen molar-refractivity contribution in [3.63, 3.8) is 0 Å². The van der Waals surface area contributed by atoms with Gasteiger partial charge < -0.3 is 10.8 Å². The Balaban J connectivity index is 2.52. The van der Waals surface area contributed by atoms with E-state index >= 15 is 0 Å². The van der Waals surface area contributed by atoms with Gasteiger partial charge in [-0.2, -0.15) is 0 Å². The number of fused-ring (bicyclic) bond motifs is 1. The van der Waals surface area contributed by atoms with E-state index in [4.69, 9.17) is 5.73 Å². The molecule has 0 saturated carbocycles. The van der Waals surface area contributed by atoms with Gasteiger partial charge in [0.05, 0.1) is 12.1 Å². The van der Waals surface area contributed by atoms with Crippen molar-refractivity contribution in [3.8, 4) is 0 Å². The van der Waals surface area contributed by atoms with Crippen molar-refractivity contribution in [1.82, 2.24) is 0 Å². The zero-order valence-electron chi connectivity index (χ0n) is 7.96. The van der Waals surface area contributed by atoms with Crippen LogP contribution in [0.1, 0.15) is 24.0 Å². The molecule has 1 aliphatic rings. The Hall–Kier alpha value is -0.380. The van der Waals surface area contributed by atoms with Crippen molar-refractivity contribution in [3.05, 3.63) is 33.8 Å². The SMILES string of the molecule is NC1(CO)CCCc2ccc(Br)cc21. The third-order valence-electron chi connectivity index (χ3n) is 2.96. The molecule has 0 radical (unpaired) electrons. The zero-order valence-corrected chi connectivity index (χ0v) is 9.55. The van der Waals surface area contributed by atoms with E-state index in [0.29, 0.717) is 0 Å². The number of hydrogen-bond acceptors (Lipinski definition) is 2. The molecule has 0 amide bonds. The average Bonchev–Trinajstić information content (AvgIpc) is 2.20. The number of aryl methyl sites for hydroxylation is 1. The van der Waals surface area contributed by atoms with Gasteiger partial charge in [-0.1, -0.05) is 22.0 Å². The lowest BCUT2D eigenvalue weighted by atomic mass is 9.78. The number of aliphatic hydroxyl groups excluding tert-OH is 1. The fourth-order valence-corrected chi connectivity index (χ4v) is 2.48. The molecule has 0 bridgehead atoms. The number of halogens is 1. The van der Waals surface area contributed by atoms with E-state index in [1.54, 1.807) is 0 Å². The highest BCUT2D eigenvalue weighted by molar-refractivity contribution is 9.10. The van der Waals surface area contributed by atoms with Crippen LogP contribution >= 0.6 is 15.9 Å². The van der Waals surface area contributed by atoms with Gasteiger partial charge in [0.1, 0.15) is 0 Å². The maximum Gasteiger partial charge on any atom is 0.0653 e. The molecular weight excluding hydrogens is 242 g/mol. The highest BCUT2D eigenvalue weighted by Gasteiger charge is 2.31. The van der Waals surface area contributed by atoms with Crippen LogP contribution < -0.4 is 5.73 Å². The van der Waals surface area contributed by atoms with Crippen LogP contribution in [0.3, 0.4) is 0 Å². The van der Waals surface area contributed by atoms with Gasteiger partial charge >= 0.3 is 0 Å². The number of benzene rings is 1. The van der Waals surface area contributed by atoms with Gasteiger partial charge in [-0.15, -0.1) is 0 Å². The molecule has 1 unspecified atom stereocenters. The van der Waals surface area contributed by atoms with Crippen LogP contribution in [0.5, 0.6) is 0 Å². The van der Waals surface area contributed by atoms with Gasteiger partial charge in [0.25, 0.3) is 0 Å². The van der Waals surface area contributed by atoms with Gasteiger partial charge in [-0.05, 0) is 42.5 Å². The molecule has 1 aromatic rings. The van der Waals surface area contributed by atoms with E-state index in [2.05, 4.69) is 22.0 Å². The smallest absolute Gasteiger partial charge is 0.0653 e. The van der Waals surface area contributed by atoms with Gasteiger partial charge in [-0.3, -0.25) is 0 Å². The molecule has 0 fully saturated rings. The van der Waals surface area contributed by atoms with Gasteiger partial charge in [-0.25, -0.2) is 0 Å². The van der Waals surface area contributed by atoms with Gasteiger partial charge in [0, 0.05) is 4.47 Å². The zero-order chi connectivity index (χ0) is 10.2. The maximum absolute atomic E-state index is 9.35. The fourth-order valence-electron chi connectivity index (χ4n) is 2.12. The Morgan fingerprint density at radius 1 is 1.50 bits per heavy atom. The van der Waals surface area contributed by atoms with Crippen LogP contribution in [0.4, 0.5) is 0 Å². The van der Waals surface area contributed by atoms with Crippen LogP contribution in [0.2, 0.25) is 0 Å². The summed E-state index contributed by atoms with van der Waals surface area (Å²) < 4.78 is 1.03. The molecular formula is C11H14BrNO. The van der Waals surface area contributed by atoms with Crippen LogP contribution in [-0.4, -0.2) is 11.7 Å². The van der Waals surface area contributed by atoms with Crippen molar-refractivity contribution >= 4 is 15.9 Å². The molecule has 0 heterocycles. The minimum atomic E-state index is -0.530. The van der Waals surface area contributed by atoms with Crippen LogP contribution in [-0.2, 0) is 12.0 Å². The molecule has 3 heteroatoms. The third-order valence-corrected chi connectivity index (χ3v) is 3.45. The molecule has 0 aromatic heterocycles. The first-order valence-electron chi connectivity index (χ1n) is 4.84. The highest BCUT2D eigenvalue weighted by Crippen LogP contribution is 2.34. The highest BCUT2D eigenvalue weighted by atomic mass is 79.9. The van der Waals surface area contributed by atoms with E-state index in [1.165, 1.54) is 5.56 Å². The second-order valence-corrected chi connectivity index (χ2v) is 4.88. The van der Waals surface area contributed by atoms with E-state index in [-0.39, 0.29) is 6.61 Å². The largest absolute Gasteiger partial charge is 0.394 e. The minimum absolute atomic E-state index is 0.0243. The van der Waals surface area contributed by atoms with Crippen molar-refractivity contribution in [2.75, 3.05) is 6.61 Å². The van der Waals surface area contributed by atoms with Crippen molar-refractivity contribution < 1.29 is 5.11 Å². The summed E-state index contributed by atoms with van der Waals surface area (Å²) in [5, 5.41) is 9.35. The standard InChI is InChI=1S/C11H14BrNO/c12-9-4-3-8-2-1-5-11(13,7-14)10(8)6-9/h3-4,6,14H,1-2,5,7,13H2. The summed E-state index contributed by atoms with van der Waals surface area (Å²) in [6, 6.07) is 6.16. The molecule has 76 valence electrons. The summed E-state index contributed by atoms with van der Waals surface area (Å²) in [5.74, 6) is 0. The van der Waals surface area contributed by atoms with Crippen molar-refractivity contribution in [2.45, 2.75) is 24.8 Å². The van der Waals surface area contributed by atoms with Gasteiger partial charge in [0.15, 0.2) is 0 Å². The molecule has 2 rings (SSSR count). The van der Waals surface area contributed by atoms with Crippen LogP contribution in [0.15, 0.2) is 22.7 Å². The first-order chi connectivity index (χ1) is 6.65. The Kier molecular flexibility index (Phi) is 2.64. The third kappa shape index (κ3) is 1.60. The maximum atomic E-state index is 9.35. The molecule has 2 nitrogen and oxygen atoms in total. The summed E-state index contributed by atoms with van der Waals surface area (Å²) in [7, 11) is 0. The summed E-state index contributed by atoms with van der Waals surface area (Å²) in [6.07, 6.45) is 3.00. The molecule has 3 N–H and O–H groups in total. The van der Waals surface area contributed by atoms with E-state index in [0.717, 1.165) is 29.3 Å². The Morgan fingerprint density at radius 3 is 3.00 bits per heavy atom. The predicted molar refractivity (Wildman–Crippen MR) is 60.0 cm³/mol. The molecule has 1 atom stereocenters.